The first kappa shape index (κ1) is 13.2. The topological polar surface area (TPSA) is 51.2 Å². The predicted octanol–water partition coefficient (Wildman–Crippen LogP) is 1.59. The molecule has 0 aliphatic carbocycles. The van der Waals surface area contributed by atoms with E-state index in [0.717, 1.165) is 24.1 Å². The van der Waals surface area contributed by atoms with E-state index in [2.05, 4.69) is 17.2 Å². The fourth-order valence-electron chi connectivity index (χ4n) is 2.27. The third kappa shape index (κ3) is 2.76. The molecule has 1 fully saturated rings. The second-order valence-electron chi connectivity index (χ2n) is 4.76. The van der Waals surface area contributed by atoms with Crippen molar-refractivity contribution in [2.75, 3.05) is 19.8 Å². The van der Waals surface area contributed by atoms with Crippen molar-refractivity contribution in [3.63, 3.8) is 0 Å². The van der Waals surface area contributed by atoms with Crippen molar-refractivity contribution < 1.29 is 9.53 Å². The fourth-order valence-corrected chi connectivity index (χ4v) is 2.27. The highest BCUT2D eigenvalue weighted by Crippen LogP contribution is 2.20. The van der Waals surface area contributed by atoms with Gasteiger partial charge in [0.15, 0.2) is 5.78 Å². The van der Waals surface area contributed by atoms with Gasteiger partial charge >= 0.3 is 0 Å². The number of nitrogens with zero attached hydrogens (tertiary/aromatic N) is 1. The Labute approximate surface area is 108 Å². The quantitative estimate of drug-likeness (QED) is 0.804. The Morgan fingerprint density at radius 1 is 1.56 bits per heavy atom. The first-order chi connectivity index (χ1) is 8.74. The number of Topliss-reactive ketones (excluding diaryl/α,β-unsaturated/α-hetero) is 1. The lowest BCUT2D eigenvalue weighted by Crippen LogP contribution is -2.39. The third-order valence-electron chi connectivity index (χ3n) is 3.38. The number of ketones is 1. The zero-order valence-corrected chi connectivity index (χ0v) is 11.0. The number of nitrogens with one attached hydrogen (secondary N) is 1. The maximum atomic E-state index is 12.5. The first-order valence-electron chi connectivity index (χ1n) is 6.50. The highest BCUT2D eigenvalue weighted by Gasteiger charge is 2.34. The number of pyridine rings is 1. The zero-order chi connectivity index (χ0) is 13.0. The molecule has 0 saturated carbocycles. The van der Waals surface area contributed by atoms with Gasteiger partial charge in [-0.1, -0.05) is 6.92 Å². The molecule has 1 saturated heterocycles. The standard InChI is InChI=1S/C14H20N2O2/c1-3-5-16-13-9-18-8-12(13)14(17)11-7-15-6-4-10(11)2/h4,6-7,12-13,16H,3,5,8-9H2,1-2H3. The molecule has 0 aromatic carbocycles. The molecule has 1 aliphatic heterocycles. The maximum absolute atomic E-state index is 12.5. The molecule has 2 heterocycles. The van der Waals surface area contributed by atoms with Crippen LogP contribution in [0.4, 0.5) is 0 Å². The van der Waals surface area contributed by atoms with E-state index in [4.69, 9.17) is 4.74 Å². The van der Waals surface area contributed by atoms with Crippen LogP contribution in [0.15, 0.2) is 18.5 Å². The van der Waals surface area contributed by atoms with Crippen LogP contribution in [0.1, 0.15) is 29.3 Å². The molecule has 18 heavy (non-hydrogen) atoms. The average Bonchev–Trinajstić information content (AvgIpc) is 2.84. The van der Waals surface area contributed by atoms with Crippen molar-refractivity contribution in [2.45, 2.75) is 26.3 Å². The summed E-state index contributed by atoms with van der Waals surface area (Å²) in [5, 5.41) is 3.39. The van der Waals surface area contributed by atoms with Crippen molar-refractivity contribution in [3.05, 3.63) is 29.6 Å². The molecule has 0 spiro atoms. The Morgan fingerprint density at radius 3 is 3.11 bits per heavy atom. The molecule has 1 aliphatic rings. The first-order valence-corrected chi connectivity index (χ1v) is 6.50. The minimum Gasteiger partial charge on any atom is -0.379 e. The summed E-state index contributed by atoms with van der Waals surface area (Å²) in [6, 6.07) is 2.01. The molecule has 4 heteroatoms. The Balaban J connectivity index is 2.10. The summed E-state index contributed by atoms with van der Waals surface area (Å²) in [4.78, 5) is 16.5. The summed E-state index contributed by atoms with van der Waals surface area (Å²) >= 11 is 0. The number of carbonyl (C=O) groups excluding carboxylic acids is 1. The summed E-state index contributed by atoms with van der Waals surface area (Å²) in [5.41, 5.74) is 1.70. The SMILES string of the molecule is CCCNC1COCC1C(=O)c1cnccc1C. The van der Waals surface area contributed by atoms with Crippen LogP contribution in [0.5, 0.6) is 0 Å². The largest absolute Gasteiger partial charge is 0.379 e. The summed E-state index contributed by atoms with van der Waals surface area (Å²) in [6.45, 7) is 6.11. The lowest BCUT2D eigenvalue weighted by molar-refractivity contribution is 0.0890. The lowest BCUT2D eigenvalue weighted by atomic mass is 9.92. The third-order valence-corrected chi connectivity index (χ3v) is 3.38. The molecule has 4 nitrogen and oxygen atoms in total. The number of aryl methyl sites for hydroxylation is 1. The number of hydrogen-bond acceptors (Lipinski definition) is 4. The second-order valence-corrected chi connectivity index (χ2v) is 4.76. The molecule has 0 amide bonds. The normalized spacial score (nSPS) is 23.2. The smallest absolute Gasteiger partial charge is 0.171 e. The molecule has 0 radical (unpaired) electrons. The highest BCUT2D eigenvalue weighted by atomic mass is 16.5. The van der Waals surface area contributed by atoms with Gasteiger partial charge in [-0.05, 0) is 31.5 Å². The van der Waals surface area contributed by atoms with Gasteiger partial charge < -0.3 is 10.1 Å². The van der Waals surface area contributed by atoms with Crippen LogP contribution in [0.2, 0.25) is 0 Å². The average molecular weight is 248 g/mol. The van der Waals surface area contributed by atoms with E-state index in [0.29, 0.717) is 13.2 Å². The second kappa shape index (κ2) is 6.07. The van der Waals surface area contributed by atoms with Gasteiger partial charge in [-0.3, -0.25) is 9.78 Å². The Hall–Kier alpha value is -1.26. The van der Waals surface area contributed by atoms with Gasteiger partial charge in [0.1, 0.15) is 0 Å². The van der Waals surface area contributed by atoms with Gasteiger partial charge in [0.25, 0.3) is 0 Å². The zero-order valence-electron chi connectivity index (χ0n) is 11.0. The summed E-state index contributed by atoms with van der Waals surface area (Å²) in [7, 11) is 0. The summed E-state index contributed by atoms with van der Waals surface area (Å²) in [6.07, 6.45) is 4.43. The molecule has 2 atom stereocenters. The van der Waals surface area contributed by atoms with Crippen molar-refractivity contribution in [3.8, 4) is 0 Å². The van der Waals surface area contributed by atoms with E-state index in [9.17, 15) is 4.79 Å². The van der Waals surface area contributed by atoms with E-state index in [-0.39, 0.29) is 17.7 Å². The minimum absolute atomic E-state index is 0.0838. The van der Waals surface area contributed by atoms with Crippen LogP contribution in [0.3, 0.4) is 0 Å². The number of carbonyl (C=O) groups is 1. The molecule has 2 unspecified atom stereocenters. The monoisotopic (exact) mass is 248 g/mol. The van der Waals surface area contributed by atoms with Crippen molar-refractivity contribution in [1.82, 2.24) is 10.3 Å². The van der Waals surface area contributed by atoms with Crippen molar-refractivity contribution in [2.24, 2.45) is 5.92 Å². The van der Waals surface area contributed by atoms with Crippen LogP contribution in [0.25, 0.3) is 0 Å². The molecule has 0 bridgehead atoms. The van der Waals surface area contributed by atoms with E-state index >= 15 is 0 Å². The Bertz CT molecular complexity index is 420. The molecule has 98 valence electrons. The summed E-state index contributed by atoms with van der Waals surface area (Å²) in [5.74, 6) is 0.0613. The fraction of sp³-hybridized carbons (Fsp3) is 0.571. The number of rotatable bonds is 5. The van der Waals surface area contributed by atoms with E-state index < -0.39 is 0 Å². The lowest BCUT2D eigenvalue weighted by Gasteiger charge is -2.18. The maximum Gasteiger partial charge on any atom is 0.171 e. The van der Waals surface area contributed by atoms with Crippen LogP contribution in [-0.4, -0.2) is 36.6 Å². The molecular formula is C14H20N2O2. The van der Waals surface area contributed by atoms with Gasteiger partial charge in [0.2, 0.25) is 0 Å². The van der Waals surface area contributed by atoms with Gasteiger partial charge in [0.05, 0.1) is 19.1 Å². The number of hydrogen-bond donors (Lipinski definition) is 1. The van der Waals surface area contributed by atoms with Crippen LogP contribution in [-0.2, 0) is 4.74 Å². The van der Waals surface area contributed by atoms with Crippen LogP contribution < -0.4 is 5.32 Å². The molecule has 1 aromatic heterocycles. The molecule has 1 aromatic rings. The molecular weight excluding hydrogens is 228 g/mol. The minimum atomic E-state index is -0.0838. The van der Waals surface area contributed by atoms with E-state index in [1.807, 2.05) is 13.0 Å². The number of aromatic nitrogens is 1. The predicted molar refractivity (Wildman–Crippen MR) is 69.7 cm³/mol. The molecule has 2 rings (SSSR count). The van der Waals surface area contributed by atoms with E-state index in [1.54, 1.807) is 12.4 Å². The highest BCUT2D eigenvalue weighted by molar-refractivity contribution is 5.99. The van der Waals surface area contributed by atoms with Crippen molar-refractivity contribution in [1.29, 1.82) is 0 Å². The Morgan fingerprint density at radius 2 is 2.39 bits per heavy atom. The van der Waals surface area contributed by atoms with Crippen LogP contribution in [0, 0.1) is 12.8 Å². The number of ether oxygens (including phenoxy) is 1. The van der Waals surface area contributed by atoms with Crippen molar-refractivity contribution >= 4 is 5.78 Å². The van der Waals surface area contributed by atoms with Crippen LogP contribution >= 0.6 is 0 Å². The molecule has 1 N–H and O–H groups in total. The van der Waals surface area contributed by atoms with Gasteiger partial charge in [0, 0.05) is 24.0 Å². The van der Waals surface area contributed by atoms with Gasteiger partial charge in [-0.25, -0.2) is 0 Å². The summed E-state index contributed by atoms with van der Waals surface area (Å²) < 4.78 is 5.45. The Kier molecular flexibility index (Phi) is 4.44. The van der Waals surface area contributed by atoms with Gasteiger partial charge in [-0.2, -0.15) is 0 Å². The van der Waals surface area contributed by atoms with Gasteiger partial charge in [-0.15, -0.1) is 0 Å². The van der Waals surface area contributed by atoms with E-state index in [1.165, 1.54) is 0 Å².